The molecule has 2 saturated heterocycles. The van der Waals surface area contributed by atoms with Crippen LogP contribution in [0, 0.1) is 0 Å². The van der Waals surface area contributed by atoms with Crippen LogP contribution < -0.4 is 10.6 Å². The molecule has 2 aliphatic rings. The summed E-state index contributed by atoms with van der Waals surface area (Å²) in [7, 11) is -4.97. The Bertz CT molecular complexity index is 1720. The van der Waals surface area contributed by atoms with Crippen LogP contribution in [0.15, 0.2) is 0 Å². The highest BCUT2D eigenvalue weighted by molar-refractivity contribution is 7.45. The number of carbonyl (C=O) groups is 9. The number of nitrogens with zero attached hydrogens (tertiary/aromatic N) is 8. The first-order chi connectivity index (χ1) is 31.8. The summed E-state index contributed by atoms with van der Waals surface area (Å²) < 4.78 is 21.5. The number of rotatable bonds is 23. The van der Waals surface area contributed by atoms with E-state index in [2.05, 4.69) is 24.1 Å². The molecule has 0 radical (unpaired) electrons. The van der Waals surface area contributed by atoms with Gasteiger partial charge in [-0.1, -0.05) is 0 Å². The minimum atomic E-state index is -4.97. The van der Waals surface area contributed by atoms with E-state index < -0.39 is 33.0 Å². The van der Waals surface area contributed by atoms with Crippen molar-refractivity contribution in [3.05, 3.63) is 0 Å². The van der Waals surface area contributed by atoms with E-state index in [1.807, 2.05) is 9.80 Å². The zero-order valence-electron chi connectivity index (χ0n) is 41.7. The summed E-state index contributed by atoms with van der Waals surface area (Å²) in [6.07, 6.45) is 0. The van der Waals surface area contributed by atoms with Gasteiger partial charge in [0.15, 0.2) is 6.61 Å². The van der Waals surface area contributed by atoms with Gasteiger partial charge >= 0.3 is 5.97 Å². The molecule has 23 nitrogen and oxygen atoms in total. The van der Waals surface area contributed by atoms with Gasteiger partial charge in [0.2, 0.25) is 0 Å². The molecule has 0 bridgehead atoms. The molecule has 0 aromatic rings. The highest BCUT2D eigenvalue weighted by Gasteiger charge is 2.29. The molecular formula is C44H79N9O14P-. The van der Waals surface area contributed by atoms with Gasteiger partial charge in [-0.15, -0.1) is 0 Å². The van der Waals surface area contributed by atoms with Crippen molar-refractivity contribution in [3.8, 4) is 0 Å². The Morgan fingerprint density at radius 2 is 0.721 bits per heavy atom. The second-order valence-electron chi connectivity index (χ2n) is 18.1. The van der Waals surface area contributed by atoms with E-state index in [1.54, 1.807) is 37.5 Å². The lowest BCUT2D eigenvalue weighted by Crippen LogP contribution is -2.54. The van der Waals surface area contributed by atoms with Crippen LogP contribution >= 0.6 is 7.82 Å². The van der Waals surface area contributed by atoms with E-state index in [1.165, 1.54) is 27.7 Å². The third kappa shape index (κ3) is 30.2. The maximum absolute atomic E-state index is 12.1. The normalized spacial score (nSPS) is 21.3. The van der Waals surface area contributed by atoms with Crippen molar-refractivity contribution < 1.29 is 66.8 Å². The Labute approximate surface area is 402 Å². The molecule has 0 aromatic heterocycles. The summed E-state index contributed by atoms with van der Waals surface area (Å²) in [4.78, 5) is 133. The lowest BCUT2D eigenvalue weighted by Gasteiger charge is -2.38. The van der Waals surface area contributed by atoms with Crippen molar-refractivity contribution in [2.45, 2.75) is 67.5 Å². The number of Topliss-reactive ketones (excluding diaryl/α,β-unsaturated/α-hetero) is 8. The Morgan fingerprint density at radius 3 is 1.01 bits per heavy atom. The Morgan fingerprint density at radius 1 is 0.456 bits per heavy atom. The first-order valence-electron chi connectivity index (χ1n) is 23.1. The van der Waals surface area contributed by atoms with Crippen molar-refractivity contribution in [1.82, 2.24) is 39.2 Å². The van der Waals surface area contributed by atoms with E-state index in [9.17, 15) is 52.6 Å². The lowest BCUT2D eigenvalue weighted by atomic mass is 10.2. The number of hydrogen-bond acceptors (Lipinski definition) is 22. The highest BCUT2D eigenvalue weighted by Crippen LogP contribution is 2.38. The molecule has 2 fully saturated rings. The van der Waals surface area contributed by atoms with Crippen LogP contribution in [0.3, 0.4) is 0 Å². The minimum absolute atomic E-state index is 0.0280. The molecular weight excluding hydrogens is 910 g/mol. The molecule has 0 spiro atoms. The molecule has 390 valence electrons. The number of nitrogens with two attached hydrogens (primary N) is 1. The maximum Gasteiger partial charge on any atom is 0.330 e. The fourth-order valence-corrected chi connectivity index (χ4v) is 8.72. The van der Waals surface area contributed by atoms with Crippen molar-refractivity contribution in [3.63, 3.8) is 0 Å². The quantitative estimate of drug-likeness (QED) is 0.0994. The van der Waals surface area contributed by atoms with Crippen LogP contribution in [0.1, 0.15) is 55.4 Å². The van der Waals surface area contributed by atoms with Crippen LogP contribution in [0.25, 0.3) is 0 Å². The third-order valence-electron chi connectivity index (χ3n) is 10.9. The standard InChI is InChI=1S/C23H41N4O10P.C21H39N5O4/c1-18(28)11-24-5-6-25(12-19(2)29)9-10-27(14-21(4)31)22(15-26(8-7-24)13-20(3)30)16-36-38(34,35)37-17-23(32)33;1-17(27)12-23-5-6-24(13-18(2)28)9-10-26(15-20(4)30)21(11-22)16-25(8-7-23)14-19(3)29/h22H,5-17H2,1-4H3,(H,32,33)(H,34,35);21H,5-16,22H2,1-4H3/p-1. The van der Waals surface area contributed by atoms with Crippen molar-refractivity contribution in [2.24, 2.45) is 5.73 Å². The van der Waals surface area contributed by atoms with Gasteiger partial charge in [-0.05, 0) is 55.4 Å². The number of phosphoric ester groups is 1. The largest absolute Gasteiger partial charge is 0.756 e. The Hall–Kier alpha value is -3.42. The molecule has 0 aliphatic carbocycles. The monoisotopic (exact) mass is 989 g/mol. The van der Waals surface area contributed by atoms with Gasteiger partial charge in [-0.2, -0.15) is 0 Å². The van der Waals surface area contributed by atoms with Crippen LogP contribution in [0.4, 0.5) is 0 Å². The predicted octanol–water partition coefficient (Wildman–Crippen LogP) is -2.59. The van der Waals surface area contributed by atoms with Gasteiger partial charge in [0, 0.05) is 110 Å². The predicted molar refractivity (Wildman–Crippen MR) is 251 cm³/mol. The topological polar surface area (TPSA) is 284 Å². The summed E-state index contributed by atoms with van der Waals surface area (Å²) >= 11 is 0. The van der Waals surface area contributed by atoms with Gasteiger partial charge < -0.3 is 24.8 Å². The minimum Gasteiger partial charge on any atom is -0.756 e. The van der Waals surface area contributed by atoms with Gasteiger partial charge in [-0.3, -0.25) is 82.1 Å². The number of hydrogen-bond donors (Lipinski definition) is 2. The zero-order valence-corrected chi connectivity index (χ0v) is 42.6. The van der Waals surface area contributed by atoms with Crippen LogP contribution in [0.5, 0.6) is 0 Å². The number of phosphoric acid groups is 1. The highest BCUT2D eigenvalue weighted by atomic mass is 31.2. The number of aliphatic carboxylic acids is 1. The van der Waals surface area contributed by atoms with Crippen LogP contribution in [-0.4, -0.2) is 272 Å². The summed E-state index contributed by atoms with van der Waals surface area (Å²) in [5.41, 5.74) is 6.06. The Balaban J connectivity index is 0.000000699. The first kappa shape index (κ1) is 62.6. The molecule has 0 amide bonds. The smallest absolute Gasteiger partial charge is 0.330 e. The second-order valence-corrected chi connectivity index (χ2v) is 19.5. The summed E-state index contributed by atoms with van der Waals surface area (Å²) in [5, 5.41) is 8.71. The SMILES string of the molecule is CC(=O)CN1CCN(CC(C)=O)CCN(CC(C)=O)C(CN)CN(CC(C)=O)CC1.CC(=O)CN1CCN(CC(C)=O)CCN(CC(C)=O)C(COP(=O)([O-])OCC(=O)O)CN(CC(C)=O)CC1. The average molecular weight is 989 g/mol. The van der Waals surface area contributed by atoms with E-state index in [-0.39, 0.29) is 91.6 Å². The molecule has 2 rings (SSSR count). The Kier molecular flexibility index (Phi) is 30.6. The van der Waals surface area contributed by atoms with Crippen molar-refractivity contribution in [2.75, 3.05) is 164 Å². The maximum atomic E-state index is 12.1. The van der Waals surface area contributed by atoms with E-state index in [4.69, 9.17) is 15.4 Å². The molecule has 3 unspecified atom stereocenters. The van der Waals surface area contributed by atoms with E-state index >= 15 is 0 Å². The van der Waals surface area contributed by atoms with Crippen LogP contribution in [0.2, 0.25) is 0 Å². The molecule has 24 heteroatoms. The summed E-state index contributed by atoms with van der Waals surface area (Å²) in [6.45, 7) is 19.5. The summed E-state index contributed by atoms with van der Waals surface area (Å²) in [6, 6.07) is -0.776. The number of ketones is 8. The molecule has 3 N–H and O–H groups in total. The fraction of sp³-hybridized carbons (Fsp3) is 0.795. The van der Waals surface area contributed by atoms with Gasteiger partial charge in [0.05, 0.1) is 59.0 Å². The number of carboxylic acids is 1. The molecule has 3 atom stereocenters. The first-order valence-corrected chi connectivity index (χ1v) is 24.5. The fourth-order valence-electron chi connectivity index (χ4n) is 8.02. The zero-order chi connectivity index (χ0) is 51.6. The van der Waals surface area contributed by atoms with Gasteiger partial charge in [0.1, 0.15) is 46.3 Å². The summed E-state index contributed by atoms with van der Waals surface area (Å²) in [5.74, 6) is -1.57. The molecule has 68 heavy (non-hydrogen) atoms. The number of carbonyl (C=O) groups excluding carboxylic acids is 8. The second kappa shape index (κ2) is 33.2. The van der Waals surface area contributed by atoms with E-state index in [0.29, 0.717) is 111 Å². The van der Waals surface area contributed by atoms with Gasteiger partial charge in [0.25, 0.3) is 7.82 Å². The molecule has 0 aromatic carbocycles. The van der Waals surface area contributed by atoms with Gasteiger partial charge in [-0.25, -0.2) is 4.79 Å². The van der Waals surface area contributed by atoms with Crippen molar-refractivity contribution >= 4 is 60.1 Å². The molecule has 2 heterocycles. The van der Waals surface area contributed by atoms with Crippen LogP contribution in [-0.2, 0) is 56.8 Å². The average Bonchev–Trinajstić information content (AvgIpc) is 3.20. The third-order valence-corrected chi connectivity index (χ3v) is 11.8. The van der Waals surface area contributed by atoms with Crippen molar-refractivity contribution in [1.29, 1.82) is 0 Å². The number of carboxylic acid groups (broad SMARTS) is 1. The van der Waals surface area contributed by atoms with E-state index in [0.717, 1.165) is 0 Å². The lowest BCUT2D eigenvalue weighted by molar-refractivity contribution is -0.227. The molecule has 2 aliphatic heterocycles. The molecule has 0 saturated carbocycles.